The van der Waals surface area contributed by atoms with Crippen molar-refractivity contribution in [2.75, 3.05) is 6.26 Å². The molecule has 3 rings (SSSR count). The molecule has 1 aromatic rings. The Bertz CT molecular complexity index is 583. The van der Waals surface area contributed by atoms with Crippen LogP contribution in [0.3, 0.4) is 0 Å². The summed E-state index contributed by atoms with van der Waals surface area (Å²) < 4.78 is 27.6. The first-order valence-corrected chi connectivity index (χ1v) is 9.23. The summed E-state index contributed by atoms with van der Waals surface area (Å²) in [5.74, 6) is 0. The average molecular weight is 294 g/mol. The van der Waals surface area contributed by atoms with E-state index in [2.05, 4.69) is 24.3 Å². The van der Waals surface area contributed by atoms with Crippen molar-refractivity contribution >= 4 is 10.1 Å². The summed E-state index contributed by atoms with van der Waals surface area (Å²) in [5, 5.41) is 0. The predicted octanol–water partition coefficient (Wildman–Crippen LogP) is 3.08. The lowest BCUT2D eigenvalue weighted by Gasteiger charge is -2.43. The molecule has 0 radical (unpaired) electrons. The Balaban J connectivity index is 1.66. The van der Waals surface area contributed by atoms with Gasteiger partial charge in [-0.15, -0.1) is 0 Å². The van der Waals surface area contributed by atoms with E-state index in [1.165, 1.54) is 17.5 Å². The summed E-state index contributed by atoms with van der Waals surface area (Å²) in [4.78, 5) is 0. The standard InChI is InChI=1S/C16H22O3S/c1-20(17,18)19-15-7-10-16(11-8-15)9-6-13-4-2-3-5-14(13)12-16/h2-5,15H,6-12H2,1H3. The lowest BCUT2D eigenvalue weighted by atomic mass is 9.63. The lowest BCUT2D eigenvalue weighted by Crippen LogP contribution is -2.36. The summed E-state index contributed by atoms with van der Waals surface area (Å²) in [6, 6.07) is 8.72. The molecular weight excluding hydrogens is 272 g/mol. The molecule has 20 heavy (non-hydrogen) atoms. The van der Waals surface area contributed by atoms with E-state index in [0.717, 1.165) is 44.8 Å². The zero-order valence-corrected chi connectivity index (χ0v) is 12.8. The highest BCUT2D eigenvalue weighted by Crippen LogP contribution is 2.46. The predicted molar refractivity (Wildman–Crippen MR) is 79.1 cm³/mol. The van der Waals surface area contributed by atoms with Crippen molar-refractivity contribution in [2.24, 2.45) is 5.41 Å². The fraction of sp³-hybridized carbons (Fsp3) is 0.625. The van der Waals surface area contributed by atoms with Crippen LogP contribution in [-0.4, -0.2) is 20.8 Å². The quantitative estimate of drug-likeness (QED) is 0.787. The number of hydrogen-bond acceptors (Lipinski definition) is 3. The van der Waals surface area contributed by atoms with Gasteiger partial charge in [0.1, 0.15) is 0 Å². The van der Waals surface area contributed by atoms with Crippen molar-refractivity contribution in [3.8, 4) is 0 Å². The van der Waals surface area contributed by atoms with E-state index in [1.54, 1.807) is 0 Å². The Morgan fingerprint density at radius 1 is 1.10 bits per heavy atom. The fourth-order valence-electron chi connectivity index (χ4n) is 3.84. The first-order chi connectivity index (χ1) is 9.46. The minimum absolute atomic E-state index is 0.104. The van der Waals surface area contributed by atoms with Gasteiger partial charge in [-0.3, -0.25) is 4.18 Å². The van der Waals surface area contributed by atoms with Gasteiger partial charge in [-0.05, 0) is 61.5 Å². The molecule has 1 aromatic carbocycles. The van der Waals surface area contributed by atoms with Crippen LogP contribution in [0, 0.1) is 5.41 Å². The van der Waals surface area contributed by atoms with Crippen LogP contribution in [0.1, 0.15) is 43.2 Å². The fourth-order valence-corrected chi connectivity index (χ4v) is 4.53. The third kappa shape index (κ3) is 3.07. The monoisotopic (exact) mass is 294 g/mol. The molecule has 4 heteroatoms. The topological polar surface area (TPSA) is 43.4 Å². The van der Waals surface area contributed by atoms with Gasteiger partial charge in [0, 0.05) is 0 Å². The molecule has 2 aliphatic rings. The van der Waals surface area contributed by atoms with Crippen molar-refractivity contribution in [2.45, 2.75) is 51.0 Å². The molecule has 1 spiro atoms. The Hall–Kier alpha value is -0.870. The Morgan fingerprint density at radius 2 is 1.75 bits per heavy atom. The molecule has 3 nitrogen and oxygen atoms in total. The van der Waals surface area contributed by atoms with E-state index in [4.69, 9.17) is 4.18 Å². The maximum absolute atomic E-state index is 11.2. The SMILES string of the molecule is CS(=O)(=O)OC1CCC2(CCc3ccccc3C2)CC1. The second-order valence-electron chi connectivity index (χ2n) is 6.45. The van der Waals surface area contributed by atoms with Crippen LogP contribution in [0.25, 0.3) is 0 Å². The van der Waals surface area contributed by atoms with Gasteiger partial charge in [0.25, 0.3) is 10.1 Å². The zero-order valence-electron chi connectivity index (χ0n) is 12.0. The lowest BCUT2D eigenvalue weighted by molar-refractivity contribution is 0.0734. The third-order valence-electron chi connectivity index (χ3n) is 4.91. The van der Waals surface area contributed by atoms with E-state index < -0.39 is 10.1 Å². The molecule has 0 unspecified atom stereocenters. The Kier molecular flexibility index (Phi) is 3.63. The molecule has 0 aromatic heterocycles. The molecule has 1 fully saturated rings. The maximum Gasteiger partial charge on any atom is 0.264 e. The van der Waals surface area contributed by atoms with Crippen LogP contribution in [-0.2, 0) is 27.1 Å². The normalized spacial score (nSPS) is 30.1. The van der Waals surface area contributed by atoms with E-state index in [-0.39, 0.29) is 6.10 Å². The molecule has 0 heterocycles. The first-order valence-electron chi connectivity index (χ1n) is 7.41. The van der Waals surface area contributed by atoms with Gasteiger partial charge >= 0.3 is 0 Å². The van der Waals surface area contributed by atoms with E-state index >= 15 is 0 Å². The second-order valence-corrected chi connectivity index (χ2v) is 8.05. The molecule has 0 saturated heterocycles. The summed E-state index contributed by atoms with van der Waals surface area (Å²) >= 11 is 0. The minimum atomic E-state index is -3.31. The van der Waals surface area contributed by atoms with E-state index in [9.17, 15) is 8.42 Å². The molecule has 0 N–H and O–H groups in total. The molecule has 2 aliphatic carbocycles. The molecule has 1 saturated carbocycles. The molecule has 110 valence electrons. The van der Waals surface area contributed by atoms with Crippen molar-refractivity contribution < 1.29 is 12.6 Å². The zero-order chi connectivity index (χ0) is 14.2. The van der Waals surface area contributed by atoms with Crippen LogP contribution >= 0.6 is 0 Å². The summed E-state index contributed by atoms with van der Waals surface area (Å²) in [6.07, 6.45) is 8.49. The largest absolute Gasteiger partial charge is 0.267 e. The van der Waals surface area contributed by atoms with E-state index in [1.807, 2.05) is 0 Å². The number of hydrogen-bond donors (Lipinski definition) is 0. The van der Waals surface area contributed by atoms with Crippen LogP contribution in [0.5, 0.6) is 0 Å². The Morgan fingerprint density at radius 3 is 2.40 bits per heavy atom. The molecule has 0 aliphatic heterocycles. The third-order valence-corrected chi connectivity index (χ3v) is 5.53. The summed E-state index contributed by atoms with van der Waals surface area (Å²) in [7, 11) is -3.31. The number of rotatable bonds is 2. The highest BCUT2D eigenvalue weighted by molar-refractivity contribution is 7.86. The Labute approximate surface area is 121 Å². The maximum atomic E-state index is 11.2. The van der Waals surface area contributed by atoms with Crippen molar-refractivity contribution in [3.05, 3.63) is 35.4 Å². The molecule has 0 atom stereocenters. The first kappa shape index (κ1) is 14.1. The smallest absolute Gasteiger partial charge is 0.264 e. The van der Waals surface area contributed by atoms with Gasteiger partial charge in [-0.25, -0.2) is 0 Å². The van der Waals surface area contributed by atoms with Crippen molar-refractivity contribution in [1.82, 2.24) is 0 Å². The minimum Gasteiger partial charge on any atom is -0.267 e. The van der Waals surface area contributed by atoms with Crippen molar-refractivity contribution in [1.29, 1.82) is 0 Å². The van der Waals surface area contributed by atoms with Gasteiger partial charge in [-0.1, -0.05) is 24.3 Å². The summed E-state index contributed by atoms with van der Waals surface area (Å²) in [6.45, 7) is 0. The molecule has 0 amide bonds. The molecule has 0 bridgehead atoms. The van der Waals surface area contributed by atoms with Crippen molar-refractivity contribution in [3.63, 3.8) is 0 Å². The highest BCUT2D eigenvalue weighted by Gasteiger charge is 2.38. The summed E-state index contributed by atoms with van der Waals surface area (Å²) in [5.41, 5.74) is 3.36. The van der Waals surface area contributed by atoms with Gasteiger partial charge in [0.2, 0.25) is 0 Å². The number of benzene rings is 1. The highest BCUT2D eigenvalue weighted by atomic mass is 32.2. The molecular formula is C16H22O3S. The second kappa shape index (κ2) is 5.15. The average Bonchev–Trinajstić information content (AvgIpc) is 2.40. The van der Waals surface area contributed by atoms with E-state index in [0.29, 0.717) is 5.41 Å². The van der Waals surface area contributed by atoms with Gasteiger partial charge < -0.3 is 0 Å². The number of aryl methyl sites for hydroxylation is 1. The van der Waals surface area contributed by atoms with Crippen LogP contribution in [0.2, 0.25) is 0 Å². The van der Waals surface area contributed by atoms with Crippen LogP contribution in [0.15, 0.2) is 24.3 Å². The van der Waals surface area contributed by atoms with Gasteiger partial charge in [0.15, 0.2) is 0 Å². The van der Waals surface area contributed by atoms with Crippen LogP contribution < -0.4 is 0 Å². The van der Waals surface area contributed by atoms with Gasteiger partial charge in [-0.2, -0.15) is 8.42 Å². The van der Waals surface area contributed by atoms with Crippen LogP contribution in [0.4, 0.5) is 0 Å². The number of fused-ring (bicyclic) bond motifs is 1. The van der Waals surface area contributed by atoms with Gasteiger partial charge in [0.05, 0.1) is 12.4 Å².